The minimum atomic E-state index is -1.07. The maximum Gasteiger partial charge on any atom is 0.357 e. The van der Waals surface area contributed by atoms with Gasteiger partial charge in [-0.1, -0.05) is 0 Å². The summed E-state index contributed by atoms with van der Waals surface area (Å²) in [4.78, 5) is 14.5. The maximum absolute atomic E-state index is 10.6. The van der Waals surface area contributed by atoms with E-state index in [0.717, 1.165) is 25.5 Å². The topological polar surface area (TPSA) is 81.8 Å². The van der Waals surface area contributed by atoms with Crippen LogP contribution < -0.4 is 0 Å². The molecule has 0 unspecified atom stereocenters. The third kappa shape index (κ3) is 3.03. The number of aromatic nitrogens is 1. The Kier molecular flexibility index (Phi) is 3.55. The number of nitrogens with zero attached hydrogens (tertiary/aromatic N) is 1. The molecule has 1 aromatic rings. The summed E-state index contributed by atoms with van der Waals surface area (Å²) in [7, 11) is 0. The molecule has 6 heteroatoms. The van der Waals surface area contributed by atoms with Crippen LogP contribution in [0.2, 0.25) is 0 Å². The Balaban J connectivity index is 1.70. The van der Waals surface area contributed by atoms with Crippen LogP contribution in [0.4, 0.5) is 0 Å². The number of hydrogen-bond acceptors (Lipinski definition) is 5. The molecule has 0 saturated carbocycles. The Morgan fingerprint density at radius 1 is 1.39 bits per heavy atom. The van der Waals surface area contributed by atoms with Crippen LogP contribution in [0.5, 0.6) is 0 Å². The van der Waals surface area contributed by atoms with Crippen molar-refractivity contribution in [2.75, 3.05) is 0 Å². The minimum Gasteiger partial charge on any atom is -0.476 e. The molecule has 98 valence electrons. The summed E-state index contributed by atoms with van der Waals surface area (Å²) in [6.45, 7) is 1.88. The van der Waals surface area contributed by atoms with Crippen LogP contribution in [-0.2, 0) is 15.9 Å². The summed E-state index contributed by atoms with van der Waals surface area (Å²) in [6, 6.07) is 0. The van der Waals surface area contributed by atoms with Gasteiger partial charge in [0.25, 0.3) is 0 Å². The first-order valence-corrected chi connectivity index (χ1v) is 5.77. The van der Waals surface area contributed by atoms with Gasteiger partial charge in [0.2, 0.25) is 5.79 Å². The number of oxazole rings is 1. The lowest BCUT2D eigenvalue weighted by Gasteiger charge is -2.22. The van der Waals surface area contributed by atoms with Crippen LogP contribution >= 0.6 is 0 Å². The molecule has 6 nitrogen and oxygen atoms in total. The molecule has 0 fully saturated rings. The lowest BCUT2D eigenvalue weighted by Crippen LogP contribution is -2.24. The van der Waals surface area contributed by atoms with Gasteiger partial charge in [-0.3, -0.25) is 0 Å². The van der Waals surface area contributed by atoms with E-state index in [1.807, 2.05) is 6.92 Å². The molecule has 2 rings (SSSR count). The Morgan fingerprint density at radius 3 is 2.72 bits per heavy atom. The normalized spacial score (nSPS) is 16.3. The largest absolute Gasteiger partial charge is 0.476 e. The highest BCUT2D eigenvalue weighted by atomic mass is 16.7. The maximum atomic E-state index is 10.6. The van der Waals surface area contributed by atoms with Crippen molar-refractivity contribution in [3.63, 3.8) is 0 Å². The molecular formula is C12H15NO5. The molecule has 0 spiro atoms. The van der Waals surface area contributed by atoms with Gasteiger partial charge in [-0.05, 0) is 12.8 Å². The predicted molar refractivity (Wildman–Crippen MR) is 60.7 cm³/mol. The molecule has 0 aliphatic carbocycles. The SMILES string of the molecule is CC1(CCCCc2nc(C(=O)O)co2)OC=CO1. The summed E-state index contributed by atoms with van der Waals surface area (Å²) in [5.41, 5.74) is -0.0522. The van der Waals surface area contributed by atoms with Gasteiger partial charge < -0.3 is 19.0 Å². The lowest BCUT2D eigenvalue weighted by atomic mass is 10.1. The van der Waals surface area contributed by atoms with Crippen molar-refractivity contribution in [2.45, 2.75) is 38.4 Å². The number of aromatic carboxylic acids is 1. The second-order valence-electron chi connectivity index (χ2n) is 4.28. The number of carboxylic acid groups (broad SMARTS) is 1. The van der Waals surface area contributed by atoms with E-state index in [1.54, 1.807) is 0 Å². The van der Waals surface area contributed by atoms with Gasteiger partial charge in [0.15, 0.2) is 11.6 Å². The molecule has 0 atom stereocenters. The molecule has 2 heterocycles. The van der Waals surface area contributed by atoms with Gasteiger partial charge in [0.05, 0.1) is 0 Å². The molecular weight excluding hydrogens is 238 g/mol. The van der Waals surface area contributed by atoms with E-state index in [1.165, 1.54) is 12.5 Å². The summed E-state index contributed by atoms with van der Waals surface area (Å²) in [5.74, 6) is -1.19. The number of carboxylic acids is 1. The minimum absolute atomic E-state index is 0.0522. The predicted octanol–water partition coefficient (Wildman–Crippen LogP) is 2.32. The standard InChI is InChI=1S/C12H15NO5/c1-12(17-6-7-18-12)5-3-2-4-10-13-9(8-16-10)11(14)15/h6-8H,2-5H2,1H3,(H,14,15). The van der Waals surface area contributed by atoms with Crippen LogP contribution in [0.1, 0.15) is 42.6 Å². The zero-order chi connectivity index (χ0) is 13.0. The highest BCUT2D eigenvalue weighted by Gasteiger charge is 2.28. The first kappa shape index (κ1) is 12.5. The summed E-state index contributed by atoms with van der Waals surface area (Å²) >= 11 is 0. The van der Waals surface area contributed by atoms with Crippen molar-refractivity contribution in [3.8, 4) is 0 Å². The molecule has 0 bridgehead atoms. The Bertz CT molecular complexity index is 443. The highest BCUT2D eigenvalue weighted by molar-refractivity contribution is 5.84. The summed E-state index contributed by atoms with van der Waals surface area (Å²) in [6.07, 6.45) is 7.31. The van der Waals surface area contributed by atoms with Crippen molar-refractivity contribution in [1.29, 1.82) is 0 Å². The van der Waals surface area contributed by atoms with E-state index in [9.17, 15) is 4.79 Å². The highest BCUT2D eigenvalue weighted by Crippen LogP contribution is 2.25. The van der Waals surface area contributed by atoms with Crippen LogP contribution in [-0.4, -0.2) is 21.8 Å². The number of rotatable bonds is 6. The van der Waals surface area contributed by atoms with Crippen molar-refractivity contribution >= 4 is 5.97 Å². The molecule has 0 saturated heterocycles. The first-order chi connectivity index (χ1) is 8.59. The van der Waals surface area contributed by atoms with Gasteiger partial charge in [-0.25, -0.2) is 9.78 Å². The van der Waals surface area contributed by atoms with E-state index >= 15 is 0 Å². The van der Waals surface area contributed by atoms with Crippen molar-refractivity contribution in [1.82, 2.24) is 4.98 Å². The molecule has 1 aliphatic heterocycles. The second kappa shape index (κ2) is 5.12. The zero-order valence-electron chi connectivity index (χ0n) is 10.1. The molecule has 1 aromatic heterocycles. The lowest BCUT2D eigenvalue weighted by molar-refractivity contribution is -0.131. The molecule has 0 radical (unpaired) electrons. The van der Waals surface area contributed by atoms with Gasteiger partial charge in [-0.15, -0.1) is 0 Å². The monoisotopic (exact) mass is 253 g/mol. The van der Waals surface area contributed by atoms with E-state index in [0.29, 0.717) is 12.3 Å². The smallest absolute Gasteiger partial charge is 0.357 e. The number of ether oxygens (including phenoxy) is 2. The van der Waals surface area contributed by atoms with E-state index < -0.39 is 11.8 Å². The van der Waals surface area contributed by atoms with E-state index in [2.05, 4.69) is 4.98 Å². The van der Waals surface area contributed by atoms with Crippen LogP contribution in [0.15, 0.2) is 23.2 Å². The fraction of sp³-hybridized carbons (Fsp3) is 0.500. The van der Waals surface area contributed by atoms with Crippen LogP contribution in [0.25, 0.3) is 0 Å². The van der Waals surface area contributed by atoms with Crippen molar-refractivity contribution in [2.24, 2.45) is 0 Å². The van der Waals surface area contributed by atoms with E-state index in [-0.39, 0.29) is 5.69 Å². The van der Waals surface area contributed by atoms with Crippen LogP contribution in [0.3, 0.4) is 0 Å². The average Bonchev–Trinajstić information content (AvgIpc) is 2.94. The number of hydrogen-bond donors (Lipinski definition) is 1. The second-order valence-corrected chi connectivity index (χ2v) is 4.28. The van der Waals surface area contributed by atoms with Gasteiger partial charge in [0, 0.05) is 19.8 Å². The molecule has 1 aliphatic rings. The summed E-state index contributed by atoms with van der Waals surface area (Å²) in [5, 5.41) is 8.68. The Hall–Kier alpha value is -1.98. The van der Waals surface area contributed by atoms with Crippen LogP contribution in [0, 0.1) is 0 Å². The van der Waals surface area contributed by atoms with Gasteiger partial charge >= 0.3 is 5.97 Å². The zero-order valence-corrected chi connectivity index (χ0v) is 10.1. The third-order valence-corrected chi connectivity index (χ3v) is 2.73. The Labute approximate surface area is 104 Å². The molecule has 0 aromatic carbocycles. The fourth-order valence-electron chi connectivity index (χ4n) is 1.74. The number of aryl methyl sites for hydroxylation is 1. The quantitative estimate of drug-likeness (QED) is 0.783. The number of unbranched alkanes of at least 4 members (excludes halogenated alkanes) is 1. The van der Waals surface area contributed by atoms with Crippen molar-refractivity contribution in [3.05, 3.63) is 30.4 Å². The van der Waals surface area contributed by atoms with Crippen molar-refractivity contribution < 1.29 is 23.8 Å². The summed E-state index contributed by atoms with van der Waals surface area (Å²) < 4.78 is 15.7. The first-order valence-electron chi connectivity index (χ1n) is 5.77. The fourth-order valence-corrected chi connectivity index (χ4v) is 1.74. The average molecular weight is 253 g/mol. The molecule has 1 N–H and O–H groups in total. The third-order valence-electron chi connectivity index (χ3n) is 2.73. The Morgan fingerprint density at radius 2 is 2.11 bits per heavy atom. The van der Waals surface area contributed by atoms with Gasteiger partial charge in [-0.2, -0.15) is 0 Å². The van der Waals surface area contributed by atoms with E-state index in [4.69, 9.17) is 19.0 Å². The van der Waals surface area contributed by atoms with Gasteiger partial charge in [0.1, 0.15) is 18.8 Å². The number of carbonyl (C=O) groups is 1. The molecule has 18 heavy (non-hydrogen) atoms. The molecule has 0 amide bonds.